The lowest BCUT2D eigenvalue weighted by molar-refractivity contribution is -0.388. The van der Waals surface area contributed by atoms with Crippen molar-refractivity contribution in [2.75, 3.05) is 18.6 Å². The predicted molar refractivity (Wildman–Crippen MR) is 86.9 cm³/mol. The van der Waals surface area contributed by atoms with Crippen LogP contribution >= 0.6 is 0 Å². The fourth-order valence-corrected chi connectivity index (χ4v) is 3.32. The molecule has 1 saturated heterocycles. The summed E-state index contributed by atoms with van der Waals surface area (Å²) in [5.74, 6) is 1.38. The minimum Gasteiger partial charge on any atom is -0.496 e. The zero-order valence-electron chi connectivity index (χ0n) is 13.3. The molecule has 0 spiro atoms. The van der Waals surface area contributed by atoms with Gasteiger partial charge in [0.15, 0.2) is 0 Å². The van der Waals surface area contributed by atoms with Crippen molar-refractivity contribution in [1.82, 2.24) is 9.55 Å². The minimum atomic E-state index is -0.409. The molecule has 0 saturated carbocycles. The van der Waals surface area contributed by atoms with Crippen molar-refractivity contribution in [2.45, 2.75) is 25.3 Å². The SMILES string of the molecule is COc1ccccc1C[C@H]1CCCN1c1c([N+](=O)[O-])ncn1C. The zero-order valence-corrected chi connectivity index (χ0v) is 13.3. The van der Waals surface area contributed by atoms with Crippen molar-refractivity contribution in [3.63, 3.8) is 0 Å². The largest absolute Gasteiger partial charge is 0.496 e. The maximum Gasteiger partial charge on any atom is 0.406 e. The van der Waals surface area contributed by atoms with Crippen LogP contribution in [0.4, 0.5) is 11.6 Å². The van der Waals surface area contributed by atoms with Crippen LogP contribution in [0, 0.1) is 10.1 Å². The maximum atomic E-state index is 11.2. The molecule has 0 unspecified atom stereocenters. The van der Waals surface area contributed by atoms with Gasteiger partial charge in [-0.1, -0.05) is 18.2 Å². The van der Waals surface area contributed by atoms with E-state index in [4.69, 9.17) is 4.74 Å². The Hall–Kier alpha value is -2.57. The molecule has 3 rings (SSSR count). The zero-order chi connectivity index (χ0) is 16.4. The number of nitro groups is 1. The summed E-state index contributed by atoms with van der Waals surface area (Å²) in [6.07, 6.45) is 4.32. The Morgan fingerprint density at radius 1 is 1.43 bits per heavy atom. The summed E-state index contributed by atoms with van der Waals surface area (Å²) in [6.45, 7) is 0.806. The summed E-state index contributed by atoms with van der Waals surface area (Å²) < 4.78 is 7.16. The number of hydrogen-bond acceptors (Lipinski definition) is 5. The second-order valence-electron chi connectivity index (χ2n) is 5.77. The molecule has 1 aromatic heterocycles. The van der Waals surface area contributed by atoms with E-state index < -0.39 is 4.92 Å². The van der Waals surface area contributed by atoms with E-state index in [1.165, 1.54) is 6.33 Å². The second-order valence-corrected chi connectivity index (χ2v) is 5.77. The van der Waals surface area contributed by atoms with Gasteiger partial charge in [0, 0.05) is 19.6 Å². The molecule has 23 heavy (non-hydrogen) atoms. The van der Waals surface area contributed by atoms with Crippen LogP contribution in [0.5, 0.6) is 5.75 Å². The quantitative estimate of drug-likeness (QED) is 0.626. The summed E-state index contributed by atoms with van der Waals surface area (Å²) in [6, 6.07) is 8.14. The monoisotopic (exact) mass is 316 g/mol. The molecule has 2 aromatic rings. The summed E-state index contributed by atoms with van der Waals surface area (Å²) >= 11 is 0. The maximum absolute atomic E-state index is 11.2. The van der Waals surface area contributed by atoms with E-state index in [1.54, 1.807) is 18.7 Å². The van der Waals surface area contributed by atoms with Gasteiger partial charge in [-0.05, 0) is 40.8 Å². The van der Waals surface area contributed by atoms with Crippen LogP contribution in [0.15, 0.2) is 30.6 Å². The van der Waals surface area contributed by atoms with Crippen LogP contribution in [-0.4, -0.2) is 34.2 Å². The van der Waals surface area contributed by atoms with E-state index in [0.29, 0.717) is 5.82 Å². The third-order valence-corrected chi connectivity index (χ3v) is 4.36. The van der Waals surface area contributed by atoms with Crippen molar-refractivity contribution in [3.8, 4) is 5.75 Å². The molecule has 1 aliphatic rings. The van der Waals surface area contributed by atoms with E-state index in [9.17, 15) is 10.1 Å². The van der Waals surface area contributed by atoms with Gasteiger partial charge in [-0.15, -0.1) is 0 Å². The molecule has 0 N–H and O–H groups in total. The Morgan fingerprint density at radius 2 is 2.22 bits per heavy atom. The number of rotatable bonds is 5. The van der Waals surface area contributed by atoms with Gasteiger partial charge in [-0.3, -0.25) is 4.57 Å². The summed E-state index contributed by atoms with van der Waals surface area (Å²) in [7, 11) is 3.46. The standard InChI is InChI=1S/C16H20N4O3/c1-18-11-17-15(20(21)22)16(18)19-9-5-7-13(19)10-12-6-3-4-8-14(12)23-2/h3-4,6,8,11,13H,5,7,9-10H2,1-2H3/t13-/m1/s1. The normalized spacial score (nSPS) is 17.5. The van der Waals surface area contributed by atoms with Gasteiger partial charge < -0.3 is 19.8 Å². The lowest BCUT2D eigenvalue weighted by Crippen LogP contribution is -2.33. The topological polar surface area (TPSA) is 73.4 Å². The molecule has 0 amide bonds. The second kappa shape index (κ2) is 6.28. The number of ether oxygens (including phenoxy) is 1. The van der Waals surface area contributed by atoms with E-state index in [0.717, 1.165) is 37.1 Å². The Morgan fingerprint density at radius 3 is 2.96 bits per heavy atom. The number of methoxy groups -OCH3 is 1. The Balaban J connectivity index is 1.89. The molecule has 7 nitrogen and oxygen atoms in total. The minimum absolute atomic E-state index is 0.0700. The number of nitrogens with zero attached hydrogens (tertiary/aromatic N) is 4. The van der Waals surface area contributed by atoms with Gasteiger partial charge >= 0.3 is 5.82 Å². The molecule has 2 heterocycles. The Kier molecular flexibility index (Phi) is 4.18. The first-order valence-corrected chi connectivity index (χ1v) is 7.66. The summed E-state index contributed by atoms with van der Waals surface area (Å²) in [5.41, 5.74) is 1.12. The Bertz CT molecular complexity index is 713. The number of aromatic nitrogens is 2. The molecule has 1 aliphatic heterocycles. The molecular formula is C16H20N4O3. The summed E-state index contributed by atoms with van der Waals surface area (Å²) in [4.78, 5) is 16.9. The summed E-state index contributed by atoms with van der Waals surface area (Å²) in [5, 5.41) is 11.2. The average Bonchev–Trinajstić information content (AvgIpc) is 3.14. The van der Waals surface area contributed by atoms with Crippen LogP contribution in [0.2, 0.25) is 0 Å². The lowest BCUT2D eigenvalue weighted by atomic mass is 10.0. The van der Waals surface area contributed by atoms with Gasteiger partial charge in [-0.2, -0.15) is 0 Å². The average molecular weight is 316 g/mol. The third kappa shape index (κ3) is 2.86. The molecular weight excluding hydrogens is 296 g/mol. The van der Waals surface area contributed by atoms with Crippen LogP contribution in [0.25, 0.3) is 0 Å². The van der Waals surface area contributed by atoms with Crippen molar-refractivity contribution < 1.29 is 9.66 Å². The number of hydrogen-bond donors (Lipinski definition) is 0. The number of aryl methyl sites for hydroxylation is 1. The molecule has 0 bridgehead atoms. The fraction of sp³-hybridized carbons (Fsp3) is 0.438. The highest BCUT2D eigenvalue weighted by Crippen LogP contribution is 2.34. The van der Waals surface area contributed by atoms with Crippen molar-refractivity contribution >= 4 is 11.6 Å². The van der Waals surface area contributed by atoms with Crippen molar-refractivity contribution in [3.05, 3.63) is 46.3 Å². The van der Waals surface area contributed by atoms with Gasteiger partial charge in [-0.25, -0.2) is 0 Å². The van der Waals surface area contributed by atoms with E-state index >= 15 is 0 Å². The highest BCUT2D eigenvalue weighted by Gasteiger charge is 2.33. The molecule has 7 heteroatoms. The highest BCUT2D eigenvalue weighted by molar-refractivity contribution is 5.56. The predicted octanol–water partition coefficient (Wildman–Crippen LogP) is 2.55. The van der Waals surface area contributed by atoms with Crippen LogP contribution < -0.4 is 9.64 Å². The van der Waals surface area contributed by atoms with E-state index in [1.807, 2.05) is 24.3 Å². The number of anilines is 1. The number of imidazole rings is 1. The number of para-hydroxylation sites is 1. The first-order valence-electron chi connectivity index (χ1n) is 7.66. The third-order valence-electron chi connectivity index (χ3n) is 4.36. The van der Waals surface area contributed by atoms with E-state index in [2.05, 4.69) is 9.88 Å². The van der Waals surface area contributed by atoms with Crippen LogP contribution in [0.1, 0.15) is 18.4 Å². The van der Waals surface area contributed by atoms with Crippen LogP contribution in [-0.2, 0) is 13.5 Å². The fourth-order valence-electron chi connectivity index (χ4n) is 3.32. The first kappa shape index (κ1) is 15.3. The van der Waals surface area contributed by atoms with Gasteiger partial charge in [0.05, 0.1) is 7.11 Å². The number of benzene rings is 1. The molecule has 122 valence electrons. The van der Waals surface area contributed by atoms with Crippen molar-refractivity contribution in [1.29, 1.82) is 0 Å². The van der Waals surface area contributed by atoms with Crippen LogP contribution in [0.3, 0.4) is 0 Å². The molecule has 1 atom stereocenters. The molecule has 0 radical (unpaired) electrons. The van der Waals surface area contributed by atoms with Gasteiger partial charge in [0.2, 0.25) is 12.1 Å². The smallest absolute Gasteiger partial charge is 0.406 e. The molecule has 1 aromatic carbocycles. The first-order chi connectivity index (χ1) is 11.1. The van der Waals surface area contributed by atoms with Gasteiger partial charge in [0.1, 0.15) is 5.75 Å². The van der Waals surface area contributed by atoms with Gasteiger partial charge in [0.25, 0.3) is 0 Å². The Labute approximate surface area is 134 Å². The molecule has 1 fully saturated rings. The lowest BCUT2D eigenvalue weighted by Gasteiger charge is -2.26. The highest BCUT2D eigenvalue weighted by atomic mass is 16.6. The molecule has 0 aliphatic carbocycles. The van der Waals surface area contributed by atoms with Crippen molar-refractivity contribution in [2.24, 2.45) is 7.05 Å². The van der Waals surface area contributed by atoms with E-state index in [-0.39, 0.29) is 11.9 Å².